The summed E-state index contributed by atoms with van der Waals surface area (Å²) in [6.07, 6.45) is 4.35. The van der Waals surface area contributed by atoms with Gasteiger partial charge in [-0.25, -0.2) is 0 Å². The van der Waals surface area contributed by atoms with E-state index in [1.54, 1.807) is 0 Å². The van der Waals surface area contributed by atoms with Crippen LogP contribution in [0.2, 0.25) is 0 Å². The fourth-order valence-electron chi connectivity index (χ4n) is 2.46. The summed E-state index contributed by atoms with van der Waals surface area (Å²) in [6.45, 7) is 1.97. The van der Waals surface area contributed by atoms with Crippen molar-refractivity contribution in [1.82, 2.24) is 5.32 Å². The summed E-state index contributed by atoms with van der Waals surface area (Å²) in [5.74, 6) is 0.660. The zero-order valence-corrected chi connectivity index (χ0v) is 9.73. The highest BCUT2D eigenvalue weighted by molar-refractivity contribution is 5.14. The minimum absolute atomic E-state index is 0.0581. The molecule has 1 saturated carbocycles. The average molecular weight is 219 g/mol. The average Bonchev–Trinajstić information content (AvgIpc) is 2.30. The van der Waals surface area contributed by atoms with E-state index in [1.807, 2.05) is 6.07 Å². The minimum atomic E-state index is -0.0581. The summed E-state index contributed by atoms with van der Waals surface area (Å²) >= 11 is 0. The molecule has 0 saturated heterocycles. The maximum absolute atomic E-state index is 9.57. The molecule has 1 aliphatic carbocycles. The molecule has 0 radical (unpaired) electrons. The summed E-state index contributed by atoms with van der Waals surface area (Å²) in [4.78, 5) is 0. The molecule has 0 aromatic heterocycles. The second kappa shape index (κ2) is 6.02. The summed E-state index contributed by atoms with van der Waals surface area (Å²) in [5, 5.41) is 13.0. The largest absolute Gasteiger partial charge is 0.393 e. The third kappa shape index (κ3) is 3.62. The van der Waals surface area contributed by atoms with Crippen molar-refractivity contribution >= 4 is 0 Å². The first kappa shape index (κ1) is 11.6. The van der Waals surface area contributed by atoms with Crippen LogP contribution in [-0.2, 0) is 6.54 Å². The summed E-state index contributed by atoms with van der Waals surface area (Å²) in [7, 11) is 0. The fourth-order valence-corrected chi connectivity index (χ4v) is 2.46. The Morgan fingerprint density at radius 1 is 1.19 bits per heavy atom. The van der Waals surface area contributed by atoms with Gasteiger partial charge < -0.3 is 10.4 Å². The molecule has 2 heteroatoms. The Morgan fingerprint density at radius 2 is 2.00 bits per heavy atom. The molecule has 0 spiro atoms. The summed E-state index contributed by atoms with van der Waals surface area (Å²) in [5.41, 5.74) is 1.33. The molecule has 88 valence electrons. The van der Waals surface area contributed by atoms with E-state index in [0.717, 1.165) is 25.9 Å². The van der Waals surface area contributed by atoms with E-state index in [0.29, 0.717) is 5.92 Å². The third-order valence-electron chi connectivity index (χ3n) is 3.36. The highest BCUT2D eigenvalue weighted by Gasteiger charge is 2.19. The zero-order chi connectivity index (χ0) is 11.2. The normalized spacial score (nSPS) is 25.6. The Kier molecular flexibility index (Phi) is 4.37. The monoisotopic (exact) mass is 219 g/mol. The lowest BCUT2D eigenvalue weighted by Crippen LogP contribution is -2.28. The van der Waals surface area contributed by atoms with Gasteiger partial charge in [0.2, 0.25) is 0 Å². The standard InChI is InChI=1S/C14H21NO/c16-14-8-4-7-13(9-14)11-15-10-12-5-2-1-3-6-12/h1-3,5-6,13-16H,4,7-11H2/t13?,14-/m0/s1. The first-order valence-corrected chi connectivity index (χ1v) is 6.27. The van der Waals surface area contributed by atoms with Crippen LogP contribution in [0.5, 0.6) is 0 Å². The molecule has 1 aliphatic rings. The number of nitrogens with one attached hydrogen (secondary N) is 1. The van der Waals surface area contributed by atoms with Crippen LogP contribution < -0.4 is 5.32 Å². The molecule has 2 atom stereocenters. The number of rotatable bonds is 4. The highest BCUT2D eigenvalue weighted by Crippen LogP contribution is 2.23. The van der Waals surface area contributed by atoms with E-state index in [4.69, 9.17) is 0 Å². The Labute approximate surface area is 97.7 Å². The molecule has 1 aromatic rings. The predicted molar refractivity (Wildman–Crippen MR) is 66.1 cm³/mol. The molecule has 0 bridgehead atoms. The van der Waals surface area contributed by atoms with Crippen LogP contribution >= 0.6 is 0 Å². The van der Waals surface area contributed by atoms with Crippen LogP contribution in [0.25, 0.3) is 0 Å². The van der Waals surface area contributed by atoms with Gasteiger partial charge in [0.15, 0.2) is 0 Å². The Bertz CT molecular complexity index is 299. The Morgan fingerprint density at radius 3 is 2.75 bits per heavy atom. The maximum Gasteiger partial charge on any atom is 0.0543 e. The minimum Gasteiger partial charge on any atom is -0.393 e. The smallest absolute Gasteiger partial charge is 0.0543 e. The molecule has 1 fully saturated rings. The van der Waals surface area contributed by atoms with Crippen LogP contribution in [0, 0.1) is 5.92 Å². The number of aliphatic hydroxyl groups is 1. The Balaban J connectivity index is 1.68. The van der Waals surface area contributed by atoms with Gasteiger partial charge >= 0.3 is 0 Å². The molecule has 0 aliphatic heterocycles. The van der Waals surface area contributed by atoms with Gasteiger partial charge in [-0.1, -0.05) is 36.8 Å². The second-order valence-corrected chi connectivity index (χ2v) is 4.80. The van der Waals surface area contributed by atoms with Gasteiger partial charge in [-0.2, -0.15) is 0 Å². The molecule has 1 aromatic carbocycles. The molecule has 1 unspecified atom stereocenters. The number of aliphatic hydroxyl groups excluding tert-OH is 1. The van der Waals surface area contributed by atoms with Crippen molar-refractivity contribution in [2.75, 3.05) is 6.54 Å². The van der Waals surface area contributed by atoms with Gasteiger partial charge in [-0.3, -0.25) is 0 Å². The third-order valence-corrected chi connectivity index (χ3v) is 3.36. The summed E-state index contributed by atoms with van der Waals surface area (Å²) < 4.78 is 0. The lowest BCUT2D eigenvalue weighted by Gasteiger charge is -2.26. The van der Waals surface area contributed by atoms with Gasteiger partial charge in [-0.05, 0) is 37.3 Å². The first-order chi connectivity index (χ1) is 7.84. The van der Waals surface area contributed by atoms with Crippen molar-refractivity contribution in [2.45, 2.75) is 38.3 Å². The van der Waals surface area contributed by atoms with Gasteiger partial charge in [0.1, 0.15) is 0 Å². The van der Waals surface area contributed by atoms with Gasteiger partial charge in [0.25, 0.3) is 0 Å². The van der Waals surface area contributed by atoms with Crippen molar-refractivity contribution in [3.05, 3.63) is 35.9 Å². The summed E-state index contributed by atoms with van der Waals surface area (Å²) in [6, 6.07) is 10.5. The van der Waals surface area contributed by atoms with Crippen molar-refractivity contribution in [3.8, 4) is 0 Å². The van der Waals surface area contributed by atoms with E-state index < -0.39 is 0 Å². The van der Waals surface area contributed by atoms with Crippen LogP contribution in [-0.4, -0.2) is 17.8 Å². The van der Waals surface area contributed by atoms with Crippen LogP contribution in [0.1, 0.15) is 31.2 Å². The van der Waals surface area contributed by atoms with E-state index in [1.165, 1.54) is 18.4 Å². The molecule has 0 amide bonds. The molecule has 0 heterocycles. The molecule has 2 rings (SSSR count). The lowest BCUT2D eigenvalue weighted by molar-refractivity contribution is 0.101. The topological polar surface area (TPSA) is 32.3 Å². The highest BCUT2D eigenvalue weighted by atomic mass is 16.3. The van der Waals surface area contributed by atoms with Gasteiger partial charge in [0.05, 0.1) is 6.10 Å². The molecular formula is C14H21NO. The van der Waals surface area contributed by atoms with Gasteiger partial charge in [-0.15, -0.1) is 0 Å². The van der Waals surface area contributed by atoms with E-state index in [-0.39, 0.29) is 6.10 Å². The van der Waals surface area contributed by atoms with Crippen molar-refractivity contribution in [2.24, 2.45) is 5.92 Å². The quantitative estimate of drug-likeness (QED) is 0.814. The molecule has 2 N–H and O–H groups in total. The van der Waals surface area contributed by atoms with Crippen molar-refractivity contribution in [1.29, 1.82) is 0 Å². The van der Waals surface area contributed by atoms with Crippen LogP contribution in [0.4, 0.5) is 0 Å². The second-order valence-electron chi connectivity index (χ2n) is 4.80. The molecular weight excluding hydrogens is 198 g/mol. The Hall–Kier alpha value is -0.860. The van der Waals surface area contributed by atoms with Gasteiger partial charge in [0, 0.05) is 6.54 Å². The van der Waals surface area contributed by atoms with Crippen molar-refractivity contribution < 1.29 is 5.11 Å². The van der Waals surface area contributed by atoms with E-state index in [9.17, 15) is 5.11 Å². The maximum atomic E-state index is 9.57. The van der Waals surface area contributed by atoms with E-state index >= 15 is 0 Å². The van der Waals surface area contributed by atoms with Crippen molar-refractivity contribution in [3.63, 3.8) is 0 Å². The van der Waals surface area contributed by atoms with Crippen LogP contribution in [0.15, 0.2) is 30.3 Å². The zero-order valence-electron chi connectivity index (χ0n) is 9.73. The predicted octanol–water partition coefficient (Wildman–Crippen LogP) is 2.33. The number of hydrogen-bond donors (Lipinski definition) is 2. The first-order valence-electron chi connectivity index (χ1n) is 6.27. The molecule has 16 heavy (non-hydrogen) atoms. The fraction of sp³-hybridized carbons (Fsp3) is 0.571. The molecule has 2 nitrogen and oxygen atoms in total. The van der Waals surface area contributed by atoms with E-state index in [2.05, 4.69) is 29.6 Å². The van der Waals surface area contributed by atoms with Crippen LogP contribution in [0.3, 0.4) is 0 Å². The number of hydrogen-bond acceptors (Lipinski definition) is 2. The lowest BCUT2D eigenvalue weighted by atomic mass is 9.87. The number of benzene rings is 1. The SMILES string of the molecule is O[C@H]1CCCC(CNCc2ccccc2)C1.